The Labute approximate surface area is 108 Å². The van der Waals surface area contributed by atoms with E-state index in [1.807, 2.05) is 6.07 Å². The van der Waals surface area contributed by atoms with Gasteiger partial charge in [0.05, 0.1) is 5.41 Å². The number of nitrogens with one attached hydrogen (secondary N) is 2. The van der Waals surface area contributed by atoms with Crippen LogP contribution in [-0.4, -0.2) is 25.5 Å². The second kappa shape index (κ2) is 4.39. The number of hydrogen-bond donors (Lipinski definition) is 2. The molecule has 0 radical (unpaired) electrons. The summed E-state index contributed by atoms with van der Waals surface area (Å²) in [6.07, 6.45) is 1.98. The third-order valence-electron chi connectivity index (χ3n) is 4.17. The molecule has 96 valence electrons. The van der Waals surface area contributed by atoms with Crippen molar-refractivity contribution in [2.45, 2.75) is 25.2 Å². The molecule has 2 N–H and O–H groups in total. The van der Waals surface area contributed by atoms with Crippen molar-refractivity contribution in [2.24, 2.45) is 5.92 Å². The Bertz CT molecular complexity index is 461. The van der Waals surface area contributed by atoms with Crippen molar-refractivity contribution in [2.75, 3.05) is 19.6 Å². The summed E-state index contributed by atoms with van der Waals surface area (Å²) in [6, 6.07) is 8.37. The lowest BCUT2D eigenvalue weighted by atomic mass is 9.93. The van der Waals surface area contributed by atoms with Crippen molar-refractivity contribution >= 4 is 5.91 Å². The van der Waals surface area contributed by atoms with Gasteiger partial charge in [0.2, 0.25) is 5.91 Å². The van der Waals surface area contributed by atoms with Crippen LogP contribution < -0.4 is 10.6 Å². The highest BCUT2D eigenvalue weighted by atomic mass is 16.2. The summed E-state index contributed by atoms with van der Waals surface area (Å²) in [6.45, 7) is 4.98. The highest BCUT2D eigenvalue weighted by molar-refractivity contribution is 5.91. The van der Waals surface area contributed by atoms with E-state index in [-0.39, 0.29) is 11.3 Å². The molecule has 2 fully saturated rings. The van der Waals surface area contributed by atoms with Crippen molar-refractivity contribution in [3.8, 4) is 0 Å². The van der Waals surface area contributed by atoms with E-state index in [2.05, 4.69) is 35.8 Å². The van der Waals surface area contributed by atoms with Crippen LogP contribution in [0.4, 0.5) is 0 Å². The van der Waals surface area contributed by atoms with Crippen LogP contribution in [0.5, 0.6) is 0 Å². The van der Waals surface area contributed by atoms with Crippen molar-refractivity contribution in [1.29, 1.82) is 0 Å². The van der Waals surface area contributed by atoms with Gasteiger partial charge >= 0.3 is 0 Å². The molecule has 1 aliphatic heterocycles. The Morgan fingerprint density at radius 2 is 2.22 bits per heavy atom. The first-order chi connectivity index (χ1) is 8.71. The molecule has 0 spiro atoms. The quantitative estimate of drug-likeness (QED) is 0.839. The summed E-state index contributed by atoms with van der Waals surface area (Å²) in [7, 11) is 0. The van der Waals surface area contributed by atoms with E-state index in [9.17, 15) is 4.79 Å². The first kappa shape index (κ1) is 11.7. The summed E-state index contributed by atoms with van der Waals surface area (Å²) in [5, 5.41) is 6.35. The molecule has 1 heterocycles. The number of carbonyl (C=O) groups excluding carboxylic acids is 1. The highest BCUT2D eigenvalue weighted by Crippen LogP contribution is 2.48. The van der Waals surface area contributed by atoms with Crippen LogP contribution in [0.3, 0.4) is 0 Å². The van der Waals surface area contributed by atoms with Gasteiger partial charge in [-0.05, 0) is 25.3 Å². The van der Waals surface area contributed by atoms with Crippen LogP contribution >= 0.6 is 0 Å². The molecular formula is C15H20N2O. The predicted octanol–water partition coefficient (Wildman–Crippen LogP) is 1.36. The summed E-state index contributed by atoms with van der Waals surface area (Å²) in [5.41, 5.74) is 2.20. The molecule has 3 rings (SSSR count). The predicted molar refractivity (Wildman–Crippen MR) is 71.5 cm³/mol. The zero-order chi connectivity index (χ0) is 12.6. The van der Waals surface area contributed by atoms with E-state index < -0.39 is 0 Å². The normalized spacial score (nSPS) is 21.2. The van der Waals surface area contributed by atoms with Gasteiger partial charge in [0.1, 0.15) is 0 Å². The molecule has 0 bridgehead atoms. The van der Waals surface area contributed by atoms with Crippen molar-refractivity contribution in [3.05, 3.63) is 35.4 Å². The van der Waals surface area contributed by atoms with E-state index in [0.29, 0.717) is 5.92 Å². The van der Waals surface area contributed by atoms with E-state index >= 15 is 0 Å². The molecule has 1 saturated carbocycles. The van der Waals surface area contributed by atoms with Gasteiger partial charge in [0.15, 0.2) is 0 Å². The van der Waals surface area contributed by atoms with Crippen LogP contribution in [-0.2, 0) is 10.2 Å². The van der Waals surface area contributed by atoms with Gasteiger partial charge in [-0.15, -0.1) is 0 Å². The van der Waals surface area contributed by atoms with E-state index in [1.165, 1.54) is 11.1 Å². The maximum Gasteiger partial charge on any atom is 0.230 e. The van der Waals surface area contributed by atoms with Crippen LogP contribution in [0.2, 0.25) is 0 Å². The SMILES string of the molecule is Cc1cccc(C2(C(=O)NCC3CNC3)CC2)c1. The molecule has 1 saturated heterocycles. The number of aryl methyl sites for hydroxylation is 1. The maximum absolute atomic E-state index is 12.4. The van der Waals surface area contributed by atoms with E-state index in [1.54, 1.807) is 0 Å². The minimum atomic E-state index is -0.219. The minimum Gasteiger partial charge on any atom is -0.355 e. The lowest BCUT2D eigenvalue weighted by Gasteiger charge is -2.28. The third kappa shape index (κ3) is 2.03. The molecule has 2 aliphatic rings. The molecule has 1 aromatic carbocycles. The molecule has 3 nitrogen and oxygen atoms in total. The zero-order valence-electron chi connectivity index (χ0n) is 10.8. The Kier molecular flexibility index (Phi) is 2.86. The molecule has 3 heteroatoms. The monoisotopic (exact) mass is 244 g/mol. The second-order valence-corrected chi connectivity index (χ2v) is 5.69. The highest BCUT2D eigenvalue weighted by Gasteiger charge is 2.51. The van der Waals surface area contributed by atoms with Crippen LogP contribution in [0.1, 0.15) is 24.0 Å². The Balaban J connectivity index is 1.68. The minimum absolute atomic E-state index is 0.219. The summed E-state index contributed by atoms with van der Waals surface area (Å²) in [5.74, 6) is 0.849. The van der Waals surface area contributed by atoms with Crippen LogP contribution in [0, 0.1) is 12.8 Å². The van der Waals surface area contributed by atoms with Crippen LogP contribution in [0.25, 0.3) is 0 Å². The Hall–Kier alpha value is -1.35. The molecule has 1 aromatic rings. The van der Waals surface area contributed by atoms with Crippen molar-refractivity contribution in [1.82, 2.24) is 10.6 Å². The number of benzene rings is 1. The van der Waals surface area contributed by atoms with Gasteiger partial charge in [-0.3, -0.25) is 4.79 Å². The number of amides is 1. The van der Waals surface area contributed by atoms with Crippen molar-refractivity contribution < 1.29 is 4.79 Å². The third-order valence-corrected chi connectivity index (χ3v) is 4.17. The average molecular weight is 244 g/mol. The van der Waals surface area contributed by atoms with Gasteiger partial charge < -0.3 is 10.6 Å². The van der Waals surface area contributed by atoms with Crippen molar-refractivity contribution in [3.63, 3.8) is 0 Å². The lowest BCUT2D eigenvalue weighted by molar-refractivity contribution is -0.123. The van der Waals surface area contributed by atoms with E-state index in [0.717, 1.165) is 32.5 Å². The van der Waals surface area contributed by atoms with E-state index in [4.69, 9.17) is 0 Å². The number of hydrogen-bond acceptors (Lipinski definition) is 2. The lowest BCUT2D eigenvalue weighted by Crippen LogP contribution is -2.49. The number of rotatable bonds is 4. The average Bonchev–Trinajstić information content (AvgIpc) is 3.08. The summed E-state index contributed by atoms with van der Waals surface area (Å²) in [4.78, 5) is 12.4. The second-order valence-electron chi connectivity index (χ2n) is 5.69. The fraction of sp³-hybridized carbons (Fsp3) is 0.533. The first-order valence-corrected chi connectivity index (χ1v) is 6.77. The van der Waals surface area contributed by atoms with Gasteiger partial charge in [-0.2, -0.15) is 0 Å². The molecule has 1 aliphatic carbocycles. The van der Waals surface area contributed by atoms with Gasteiger partial charge in [-0.25, -0.2) is 0 Å². The molecular weight excluding hydrogens is 224 g/mol. The summed E-state index contributed by atoms with van der Waals surface area (Å²) < 4.78 is 0. The molecule has 0 unspecified atom stereocenters. The summed E-state index contributed by atoms with van der Waals surface area (Å²) >= 11 is 0. The molecule has 0 aromatic heterocycles. The Morgan fingerprint density at radius 3 is 2.78 bits per heavy atom. The van der Waals surface area contributed by atoms with Gasteiger partial charge in [0, 0.05) is 25.6 Å². The zero-order valence-corrected chi connectivity index (χ0v) is 10.8. The standard InChI is InChI=1S/C15H20N2O/c1-11-3-2-4-13(7-11)15(5-6-15)14(18)17-10-12-8-16-9-12/h2-4,7,12,16H,5-6,8-10H2,1H3,(H,17,18). The molecule has 1 amide bonds. The van der Waals surface area contributed by atoms with Gasteiger partial charge in [0.25, 0.3) is 0 Å². The smallest absolute Gasteiger partial charge is 0.230 e. The first-order valence-electron chi connectivity index (χ1n) is 6.77. The maximum atomic E-state index is 12.4. The number of carbonyl (C=O) groups is 1. The Morgan fingerprint density at radius 1 is 1.44 bits per heavy atom. The molecule has 18 heavy (non-hydrogen) atoms. The van der Waals surface area contributed by atoms with Gasteiger partial charge in [-0.1, -0.05) is 29.8 Å². The topological polar surface area (TPSA) is 41.1 Å². The fourth-order valence-electron chi connectivity index (χ4n) is 2.61. The fourth-order valence-corrected chi connectivity index (χ4v) is 2.61. The largest absolute Gasteiger partial charge is 0.355 e. The van der Waals surface area contributed by atoms with Crippen LogP contribution in [0.15, 0.2) is 24.3 Å². The molecule has 0 atom stereocenters.